The first-order chi connectivity index (χ1) is 7.10. The number of ether oxygens (including phenoxy) is 2. The van der Waals surface area contributed by atoms with Crippen molar-refractivity contribution in [3.05, 3.63) is 22.7 Å². The quantitative estimate of drug-likeness (QED) is 0.864. The highest BCUT2D eigenvalue weighted by molar-refractivity contribution is 6.31. The van der Waals surface area contributed by atoms with E-state index >= 15 is 0 Å². The van der Waals surface area contributed by atoms with Gasteiger partial charge in [0.25, 0.3) is 0 Å². The molecule has 0 radical (unpaired) electrons. The fraction of sp³-hybridized carbons (Fsp3) is 0.455. The average Bonchev–Trinajstić information content (AvgIpc) is 2.18. The van der Waals surface area contributed by atoms with Gasteiger partial charge in [-0.05, 0) is 26.0 Å². The predicted octanol–water partition coefficient (Wildman–Crippen LogP) is 2.63. The number of halogens is 1. The van der Waals surface area contributed by atoms with E-state index in [0.29, 0.717) is 22.1 Å². The summed E-state index contributed by atoms with van der Waals surface area (Å²) < 4.78 is 10.7. The van der Waals surface area contributed by atoms with Gasteiger partial charge < -0.3 is 14.6 Å². The van der Waals surface area contributed by atoms with Crippen molar-refractivity contribution in [1.82, 2.24) is 0 Å². The van der Waals surface area contributed by atoms with Crippen molar-refractivity contribution in [2.45, 2.75) is 26.6 Å². The molecule has 1 aromatic rings. The van der Waals surface area contributed by atoms with Crippen LogP contribution in [0.25, 0.3) is 0 Å². The van der Waals surface area contributed by atoms with Gasteiger partial charge in [0.15, 0.2) is 11.5 Å². The molecule has 84 valence electrons. The molecule has 1 N–H and O–H groups in total. The largest absolute Gasteiger partial charge is 0.493 e. The third-order valence-corrected chi connectivity index (χ3v) is 2.25. The van der Waals surface area contributed by atoms with Gasteiger partial charge in [0.05, 0.1) is 24.8 Å². The molecule has 0 heterocycles. The highest BCUT2D eigenvalue weighted by Crippen LogP contribution is 2.36. The fourth-order valence-corrected chi connectivity index (χ4v) is 1.46. The Labute approximate surface area is 94.6 Å². The van der Waals surface area contributed by atoms with E-state index < -0.39 is 0 Å². The Morgan fingerprint density at radius 3 is 2.53 bits per heavy atom. The van der Waals surface area contributed by atoms with E-state index in [1.165, 1.54) is 0 Å². The molecule has 0 aliphatic carbocycles. The van der Waals surface area contributed by atoms with E-state index in [-0.39, 0.29) is 12.7 Å². The summed E-state index contributed by atoms with van der Waals surface area (Å²) in [4.78, 5) is 0. The van der Waals surface area contributed by atoms with E-state index in [4.69, 9.17) is 21.1 Å². The SMILES string of the molecule is COc1ccc(Cl)c(CO)c1OC(C)C. The van der Waals surface area contributed by atoms with Crippen LogP contribution in [0.5, 0.6) is 11.5 Å². The molecule has 1 aromatic carbocycles. The van der Waals surface area contributed by atoms with Gasteiger partial charge in [-0.15, -0.1) is 0 Å². The van der Waals surface area contributed by atoms with Crippen LogP contribution >= 0.6 is 11.6 Å². The Kier molecular flexibility index (Phi) is 4.24. The van der Waals surface area contributed by atoms with E-state index in [1.807, 2.05) is 13.8 Å². The highest BCUT2D eigenvalue weighted by atomic mass is 35.5. The van der Waals surface area contributed by atoms with Crippen molar-refractivity contribution in [3.8, 4) is 11.5 Å². The first-order valence-corrected chi connectivity index (χ1v) is 5.10. The van der Waals surface area contributed by atoms with Gasteiger partial charge in [0.1, 0.15) is 0 Å². The standard InChI is InChI=1S/C11H15ClO3/c1-7(2)15-11-8(6-13)9(12)4-5-10(11)14-3/h4-5,7,13H,6H2,1-3H3. The first-order valence-electron chi connectivity index (χ1n) is 4.73. The summed E-state index contributed by atoms with van der Waals surface area (Å²) in [5, 5.41) is 9.69. The van der Waals surface area contributed by atoms with Crippen molar-refractivity contribution < 1.29 is 14.6 Å². The van der Waals surface area contributed by atoms with E-state index in [1.54, 1.807) is 19.2 Å². The minimum Gasteiger partial charge on any atom is -0.493 e. The van der Waals surface area contributed by atoms with E-state index in [0.717, 1.165) is 0 Å². The number of rotatable bonds is 4. The van der Waals surface area contributed by atoms with Crippen molar-refractivity contribution in [2.24, 2.45) is 0 Å². The number of methoxy groups -OCH3 is 1. The van der Waals surface area contributed by atoms with Crippen LogP contribution in [0.3, 0.4) is 0 Å². The molecule has 0 amide bonds. The lowest BCUT2D eigenvalue weighted by Crippen LogP contribution is -2.09. The van der Waals surface area contributed by atoms with Crippen LogP contribution in [0, 0.1) is 0 Å². The summed E-state index contributed by atoms with van der Waals surface area (Å²) in [6, 6.07) is 3.40. The summed E-state index contributed by atoms with van der Waals surface area (Å²) in [6.07, 6.45) is 0.00247. The fourth-order valence-electron chi connectivity index (χ4n) is 1.26. The molecule has 1 rings (SSSR count). The number of hydrogen-bond acceptors (Lipinski definition) is 3. The Bertz CT molecular complexity index is 337. The third kappa shape index (κ3) is 2.76. The molecule has 0 saturated heterocycles. The smallest absolute Gasteiger partial charge is 0.168 e. The Morgan fingerprint density at radius 2 is 2.07 bits per heavy atom. The molecule has 0 saturated carbocycles. The monoisotopic (exact) mass is 230 g/mol. The molecule has 0 fully saturated rings. The average molecular weight is 231 g/mol. The van der Waals surface area contributed by atoms with Gasteiger partial charge in [-0.25, -0.2) is 0 Å². The first kappa shape index (κ1) is 12.1. The Hall–Kier alpha value is -0.930. The Balaban J connectivity index is 3.21. The van der Waals surface area contributed by atoms with Crippen LogP contribution < -0.4 is 9.47 Å². The van der Waals surface area contributed by atoms with Gasteiger partial charge in [-0.3, -0.25) is 0 Å². The summed E-state index contributed by atoms with van der Waals surface area (Å²) in [6.45, 7) is 3.64. The molecule has 0 atom stereocenters. The van der Waals surface area contributed by atoms with Gasteiger partial charge in [0.2, 0.25) is 0 Å². The van der Waals surface area contributed by atoms with Gasteiger partial charge in [0, 0.05) is 5.56 Å². The van der Waals surface area contributed by atoms with Crippen molar-refractivity contribution in [1.29, 1.82) is 0 Å². The van der Waals surface area contributed by atoms with Crippen LogP contribution in [-0.2, 0) is 6.61 Å². The van der Waals surface area contributed by atoms with Crippen LogP contribution in [-0.4, -0.2) is 18.3 Å². The van der Waals surface area contributed by atoms with Crippen molar-refractivity contribution >= 4 is 11.6 Å². The molecule has 0 aromatic heterocycles. The van der Waals surface area contributed by atoms with Crippen LogP contribution in [0.4, 0.5) is 0 Å². The number of hydrogen-bond donors (Lipinski definition) is 1. The molecule has 0 aliphatic rings. The third-order valence-electron chi connectivity index (χ3n) is 1.90. The highest BCUT2D eigenvalue weighted by Gasteiger charge is 2.14. The molecule has 0 bridgehead atoms. The zero-order chi connectivity index (χ0) is 11.4. The van der Waals surface area contributed by atoms with Crippen molar-refractivity contribution in [3.63, 3.8) is 0 Å². The predicted molar refractivity (Wildman–Crippen MR) is 59.7 cm³/mol. The van der Waals surface area contributed by atoms with Gasteiger partial charge in [-0.1, -0.05) is 11.6 Å². The molecular formula is C11H15ClO3. The summed E-state index contributed by atoms with van der Waals surface area (Å²) in [5.41, 5.74) is 0.560. The maximum absolute atomic E-state index is 9.21. The normalized spacial score (nSPS) is 10.5. The molecule has 0 aliphatic heterocycles. The van der Waals surface area contributed by atoms with E-state index in [9.17, 15) is 5.11 Å². The molecule has 0 unspecified atom stereocenters. The maximum Gasteiger partial charge on any atom is 0.168 e. The zero-order valence-corrected chi connectivity index (χ0v) is 9.84. The van der Waals surface area contributed by atoms with Gasteiger partial charge >= 0.3 is 0 Å². The Morgan fingerprint density at radius 1 is 1.40 bits per heavy atom. The summed E-state index contributed by atoms with van der Waals surface area (Å²) in [7, 11) is 1.55. The van der Waals surface area contributed by atoms with Crippen LogP contribution in [0.1, 0.15) is 19.4 Å². The molecule has 0 spiro atoms. The number of aliphatic hydroxyl groups is 1. The molecule has 15 heavy (non-hydrogen) atoms. The number of aliphatic hydroxyl groups excluding tert-OH is 1. The second-order valence-corrected chi connectivity index (χ2v) is 3.79. The van der Waals surface area contributed by atoms with Crippen LogP contribution in [0.15, 0.2) is 12.1 Å². The van der Waals surface area contributed by atoms with E-state index in [2.05, 4.69) is 0 Å². The molecular weight excluding hydrogens is 216 g/mol. The van der Waals surface area contributed by atoms with Gasteiger partial charge in [-0.2, -0.15) is 0 Å². The minimum atomic E-state index is -0.169. The topological polar surface area (TPSA) is 38.7 Å². The second-order valence-electron chi connectivity index (χ2n) is 3.38. The lowest BCUT2D eigenvalue weighted by atomic mass is 10.2. The summed E-state index contributed by atoms with van der Waals surface area (Å²) >= 11 is 5.95. The molecule has 4 heteroatoms. The summed E-state index contributed by atoms with van der Waals surface area (Å²) in [5.74, 6) is 1.10. The zero-order valence-electron chi connectivity index (χ0n) is 9.08. The minimum absolute atomic E-state index is 0.00247. The molecule has 3 nitrogen and oxygen atoms in total. The second kappa shape index (κ2) is 5.24. The maximum atomic E-state index is 9.21. The van der Waals surface area contributed by atoms with Crippen molar-refractivity contribution in [2.75, 3.05) is 7.11 Å². The van der Waals surface area contributed by atoms with Crippen LogP contribution in [0.2, 0.25) is 5.02 Å². The lowest BCUT2D eigenvalue weighted by Gasteiger charge is -2.17. The lowest BCUT2D eigenvalue weighted by molar-refractivity contribution is 0.215. The number of benzene rings is 1.